The van der Waals surface area contributed by atoms with Crippen LogP contribution < -0.4 is 0 Å². The quantitative estimate of drug-likeness (QED) is 0.822. The van der Waals surface area contributed by atoms with Crippen molar-refractivity contribution in [3.05, 3.63) is 36.2 Å². The van der Waals surface area contributed by atoms with Crippen molar-refractivity contribution in [2.75, 3.05) is 6.54 Å². The van der Waals surface area contributed by atoms with Gasteiger partial charge in [-0.25, -0.2) is 4.79 Å². The first kappa shape index (κ1) is 13.4. The Balaban J connectivity index is 1.94. The van der Waals surface area contributed by atoms with E-state index in [0.29, 0.717) is 16.6 Å². The van der Waals surface area contributed by atoms with Crippen molar-refractivity contribution in [2.45, 2.75) is 18.6 Å². The Labute approximate surface area is 119 Å². The van der Waals surface area contributed by atoms with Crippen LogP contribution >= 0.6 is 0 Å². The van der Waals surface area contributed by atoms with Crippen molar-refractivity contribution in [1.29, 1.82) is 0 Å². The number of carbonyl (C=O) groups is 2. The Morgan fingerprint density at radius 1 is 1.19 bits per heavy atom. The molecule has 1 aromatic heterocycles. The van der Waals surface area contributed by atoms with Gasteiger partial charge in [0.25, 0.3) is 5.91 Å². The number of carboxylic acids is 1. The molecule has 2 N–H and O–H groups in total. The topological polar surface area (TPSA) is 104 Å². The van der Waals surface area contributed by atoms with E-state index in [1.807, 2.05) is 0 Å². The van der Waals surface area contributed by atoms with Crippen molar-refractivity contribution < 1.29 is 19.8 Å². The smallest absolute Gasteiger partial charge is 0.326 e. The number of benzene rings is 1. The van der Waals surface area contributed by atoms with E-state index in [4.69, 9.17) is 5.11 Å². The highest BCUT2D eigenvalue weighted by Crippen LogP contribution is 2.22. The third-order valence-corrected chi connectivity index (χ3v) is 3.54. The maximum Gasteiger partial charge on any atom is 0.326 e. The molecule has 0 saturated carbocycles. The predicted octanol–water partition coefficient (Wildman–Crippen LogP) is 0.290. The minimum atomic E-state index is -1.11. The van der Waals surface area contributed by atoms with E-state index in [1.165, 1.54) is 11.1 Å². The number of β-amino-alcohol motifs (C(OH)–C–C–N with tert-alkyl or cyclic N) is 1. The van der Waals surface area contributed by atoms with Crippen LogP contribution in [0.4, 0.5) is 0 Å². The fraction of sp³-hybridized carbons (Fsp3) is 0.286. The lowest BCUT2D eigenvalue weighted by atomic mass is 10.1. The molecular weight excluding hydrogens is 274 g/mol. The number of fused-ring (bicyclic) bond motifs is 1. The van der Waals surface area contributed by atoms with Crippen molar-refractivity contribution in [3.63, 3.8) is 0 Å². The Morgan fingerprint density at radius 3 is 2.62 bits per heavy atom. The molecule has 1 amide bonds. The molecule has 1 fully saturated rings. The Bertz CT molecular complexity index is 718. The molecule has 108 valence electrons. The molecule has 2 aromatic rings. The van der Waals surface area contributed by atoms with Crippen molar-refractivity contribution in [1.82, 2.24) is 14.9 Å². The summed E-state index contributed by atoms with van der Waals surface area (Å²) in [5, 5.41) is 18.7. The summed E-state index contributed by atoms with van der Waals surface area (Å²) in [6, 6.07) is 3.83. The summed E-state index contributed by atoms with van der Waals surface area (Å²) in [6.45, 7) is 0.0221. The summed E-state index contributed by atoms with van der Waals surface area (Å²) in [4.78, 5) is 33.1. The maximum atomic E-state index is 12.5. The normalized spacial score (nSPS) is 21.7. The molecule has 2 unspecified atom stereocenters. The number of aliphatic hydroxyl groups is 1. The lowest BCUT2D eigenvalue weighted by Gasteiger charge is -2.21. The standard InChI is InChI=1S/C14H13N3O4/c18-9-6-12(14(20)21)17(7-9)13(19)8-1-2-10-11(5-8)16-4-3-15-10/h1-5,9,12,18H,6-7H2,(H,20,21). The van der Waals surface area contributed by atoms with Gasteiger partial charge in [-0.2, -0.15) is 0 Å². The highest BCUT2D eigenvalue weighted by atomic mass is 16.4. The minimum absolute atomic E-state index is 0.0221. The van der Waals surface area contributed by atoms with Gasteiger partial charge in [0.05, 0.1) is 17.1 Å². The average molecular weight is 287 g/mol. The van der Waals surface area contributed by atoms with Gasteiger partial charge in [-0.05, 0) is 18.2 Å². The van der Waals surface area contributed by atoms with Crippen molar-refractivity contribution in [2.24, 2.45) is 0 Å². The fourth-order valence-electron chi connectivity index (χ4n) is 2.53. The fourth-order valence-corrected chi connectivity index (χ4v) is 2.53. The number of aliphatic carboxylic acids is 1. The number of hydrogen-bond donors (Lipinski definition) is 2. The van der Waals surface area contributed by atoms with Crippen LogP contribution in [0.5, 0.6) is 0 Å². The second-order valence-corrected chi connectivity index (χ2v) is 4.96. The highest BCUT2D eigenvalue weighted by Gasteiger charge is 2.39. The third kappa shape index (κ3) is 2.43. The summed E-state index contributed by atoms with van der Waals surface area (Å²) in [6.07, 6.45) is 2.32. The molecule has 21 heavy (non-hydrogen) atoms. The molecule has 2 atom stereocenters. The molecule has 1 aliphatic rings. The number of amides is 1. The van der Waals surface area contributed by atoms with E-state index >= 15 is 0 Å². The van der Waals surface area contributed by atoms with E-state index < -0.39 is 24.0 Å². The van der Waals surface area contributed by atoms with E-state index in [1.54, 1.807) is 24.4 Å². The monoisotopic (exact) mass is 287 g/mol. The number of rotatable bonds is 2. The molecule has 0 aliphatic carbocycles. The van der Waals surface area contributed by atoms with Crippen LogP contribution in [0.3, 0.4) is 0 Å². The molecule has 7 heteroatoms. The van der Waals surface area contributed by atoms with Gasteiger partial charge in [0, 0.05) is 30.9 Å². The van der Waals surface area contributed by atoms with Crippen LogP contribution in [0.25, 0.3) is 11.0 Å². The van der Waals surface area contributed by atoms with Crippen molar-refractivity contribution >= 4 is 22.9 Å². The highest BCUT2D eigenvalue weighted by molar-refractivity contribution is 5.99. The van der Waals surface area contributed by atoms with Gasteiger partial charge in [-0.15, -0.1) is 0 Å². The molecule has 1 aromatic carbocycles. The van der Waals surface area contributed by atoms with Crippen LogP contribution in [0, 0.1) is 0 Å². The molecule has 0 bridgehead atoms. The van der Waals surface area contributed by atoms with Gasteiger partial charge in [0.1, 0.15) is 6.04 Å². The molecule has 0 spiro atoms. The Kier molecular flexibility index (Phi) is 3.26. The van der Waals surface area contributed by atoms with E-state index in [0.717, 1.165) is 0 Å². The Hall–Kier alpha value is -2.54. The van der Waals surface area contributed by atoms with Gasteiger partial charge in [0.15, 0.2) is 0 Å². The molecule has 1 aliphatic heterocycles. The summed E-state index contributed by atoms with van der Waals surface area (Å²) in [7, 11) is 0. The molecule has 3 rings (SSSR count). The predicted molar refractivity (Wildman–Crippen MR) is 72.6 cm³/mol. The summed E-state index contributed by atoms with van der Waals surface area (Å²) in [5.74, 6) is -1.54. The zero-order chi connectivity index (χ0) is 15.0. The van der Waals surface area contributed by atoms with Crippen LogP contribution in [0.15, 0.2) is 30.6 Å². The molecular formula is C14H13N3O4. The number of carboxylic acid groups (broad SMARTS) is 1. The molecule has 2 heterocycles. The zero-order valence-corrected chi connectivity index (χ0v) is 11.0. The number of aliphatic hydroxyl groups excluding tert-OH is 1. The number of likely N-dealkylation sites (tertiary alicyclic amines) is 1. The first-order valence-electron chi connectivity index (χ1n) is 6.49. The van der Waals surface area contributed by atoms with Crippen LogP contribution in [0.1, 0.15) is 16.8 Å². The largest absolute Gasteiger partial charge is 0.480 e. The zero-order valence-electron chi connectivity index (χ0n) is 11.0. The number of nitrogens with zero attached hydrogens (tertiary/aromatic N) is 3. The second kappa shape index (κ2) is 5.10. The van der Waals surface area contributed by atoms with Crippen molar-refractivity contribution in [3.8, 4) is 0 Å². The number of hydrogen-bond acceptors (Lipinski definition) is 5. The Morgan fingerprint density at radius 2 is 1.90 bits per heavy atom. The van der Waals surface area contributed by atoms with Crippen LogP contribution in [0.2, 0.25) is 0 Å². The van der Waals surface area contributed by atoms with E-state index in [9.17, 15) is 14.7 Å². The lowest BCUT2D eigenvalue weighted by molar-refractivity contribution is -0.141. The van der Waals surface area contributed by atoms with E-state index in [-0.39, 0.29) is 13.0 Å². The van der Waals surface area contributed by atoms with Gasteiger partial charge in [0.2, 0.25) is 0 Å². The molecule has 7 nitrogen and oxygen atoms in total. The summed E-state index contributed by atoms with van der Waals surface area (Å²) < 4.78 is 0. The first-order chi connectivity index (χ1) is 10.1. The third-order valence-electron chi connectivity index (χ3n) is 3.54. The van der Waals surface area contributed by atoms with Gasteiger partial charge < -0.3 is 15.1 Å². The van der Waals surface area contributed by atoms with Gasteiger partial charge >= 0.3 is 5.97 Å². The van der Waals surface area contributed by atoms with Crippen LogP contribution in [-0.4, -0.2) is 55.6 Å². The number of carbonyl (C=O) groups excluding carboxylic acids is 1. The number of aromatic nitrogens is 2. The van der Waals surface area contributed by atoms with Gasteiger partial charge in [-0.1, -0.05) is 0 Å². The van der Waals surface area contributed by atoms with Gasteiger partial charge in [-0.3, -0.25) is 14.8 Å². The summed E-state index contributed by atoms with van der Waals surface area (Å²) in [5.41, 5.74) is 1.56. The SMILES string of the molecule is O=C(O)C1CC(O)CN1C(=O)c1ccc2nccnc2c1. The maximum absolute atomic E-state index is 12.5. The molecule has 1 saturated heterocycles. The van der Waals surface area contributed by atoms with E-state index in [2.05, 4.69) is 9.97 Å². The first-order valence-corrected chi connectivity index (χ1v) is 6.49. The lowest BCUT2D eigenvalue weighted by Crippen LogP contribution is -2.40. The average Bonchev–Trinajstić information content (AvgIpc) is 2.88. The minimum Gasteiger partial charge on any atom is -0.480 e. The summed E-state index contributed by atoms with van der Waals surface area (Å²) >= 11 is 0. The van der Waals surface area contributed by atoms with Crippen LogP contribution in [-0.2, 0) is 4.79 Å². The second-order valence-electron chi connectivity index (χ2n) is 4.96. The molecule has 0 radical (unpaired) electrons.